The van der Waals surface area contributed by atoms with Crippen LogP contribution < -0.4 is 11.2 Å². The predicted molar refractivity (Wildman–Crippen MR) is 65.3 cm³/mol. The molecule has 1 aromatic rings. The minimum Gasteiger partial charge on any atom is -0.350 e. The predicted octanol–water partition coefficient (Wildman–Crippen LogP) is 2.01. The molecule has 0 saturated heterocycles. The number of nitrogens with two attached hydrogens (primary N) is 1. The van der Waals surface area contributed by atoms with Crippen LogP contribution in [-0.4, -0.2) is 12.2 Å². The number of nitrogens with zero attached hydrogens (tertiary/aromatic N) is 1. The molecule has 1 aromatic carbocycles. The smallest absolute Gasteiger partial charge is 0.332 e. The van der Waals surface area contributed by atoms with Gasteiger partial charge in [-0.05, 0) is 12.0 Å². The quantitative estimate of drug-likeness (QED) is 0.590. The summed E-state index contributed by atoms with van der Waals surface area (Å²) in [6.45, 7) is 4.14. The fraction of sp³-hybridized carbons (Fsp3) is 0.333. The first-order chi connectivity index (χ1) is 7.58. The summed E-state index contributed by atoms with van der Waals surface area (Å²) in [6.07, 6.45) is 2.61. The molecular weight excluding hydrogens is 202 g/mol. The highest BCUT2D eigenvalue weighted by Gasteiger charge is 2.21. The first-order valence-corrected chi connectivity index (χ1v) is 5.23. The average Bonchev–Trinajstić information content (AvgIpc) is 2.29. The zero-order valence-corrected chi connectivity index (χ0v) is 9.60. The van der Waals surface area contributed by atoms with Gasteiger partial charge < -0.3 is 5.73 Å². The summed E-state index contributed by atoms with van der Waals surface area (Å²) in [7, 11) is 0. The summed E-state index contributed by atoms with van der Waals surface area (Å²) in [5.41, 5.74) is 8.12. The minimum absolute atomic E-state index is 0.191. The Balaban J connectivity index is 2.86. The highest BCUT2D eigenvalue weighted by atomic mass is 16.2. The number of urea groups is 1. The summed E-state index contributed by atoms with van der Waals surface area (Å²) in [4.78, 5) is 10.5. The van der Waals surface area contributed by atoms with Crippen LogP contribution in [0.1, 0.15) is 25.8 Å². The Bertz CT molecular complexity index is 375. The van der Waals surface area contributed by atoms with Gasteiger partial charge in [-0.3, -0.25) is 0 Å². The zero-order valence-electron chi connectivity index (χ0n) is 9.60. The van der Waals surface area contributed by atoms with Crippen LogP contribution in [0.25, 0.3) is 0 Å². The zero-order chi connectivity index (χ0) is 12.0. The minimum atomic E-state index is -0.650. The van der Waals surface area contributed by atoms with Gasteiger partial charge in [-0.1, -0.05) is 44.2 Å². The molecule has 86 valence electrons. The van der Waals surface area contributed by atoms with Gasteiger partial charge in [-0.25, -0.2) is 10.2 Å². The molecule has 1 atom stereocenters. The number of rotatable bonds is 4. The highest BCUT2D eigenvalue weighted by molar-refractivity contribution is 5.76. The number of benzene rings is 1. The molecule has 1 rings (SSSR count). The Morgan fingerprint density at radius 3 is 2.62 bits per heavy atom. The Kier molecular flexibility index (Phi) is 4.05. The summed E-state index contributed by atoms with van der Waals surface area (Å²) in [5.74, 6) is 0. The molecule has 0 bridgehead atoms. The largest absolute Gasteiger partial charge is 0.350 e. The van der Waals surface area contributed by atoms with Crippen molar-refractivity contribution >= 4 is 12.2 Å². The van der Waals surface area contributed by atoms with E-state index < -0.39 is 6.03 Å². The number of primary amides is 1. The van der Waals surface area contributed by atoms with Crippen molar-refractivity contribution in [1.82, 2.24) is 5.43 Å². The number of hydrazone groups is 1. The number of nitrogens with one attached hydrogen (secondary N) is 1. The van der Waals surface area contributed by atoms with Gasteiger partial charge in [0.2, 0.25) is 0 Å². The number of hydrogen-bond donors (Lipinski definition) is 2. The van der Waals surface area contributed by atoms with Crippen LogP contribution >= 0.6 is 0 Å². The molecule has 0 fully saturated rings. The monoisotopic (exact) mass is 219 g/mol. The second kappa shape index (κ2) is 5.30. The normalized spacial score (nSPS) is 14.6. The van der Waals surface area contributed by atoms with E-state index in [0.717, 1.165) is 12.0 Å². The van der Waals surface area contributed by atoms with Crippen LogP contribution in [0, 0.1) is 0 Å². The fourth-order valence-corrected chi connectivity index (χ4v) is 1.43. The molecule has 0 aliphatic carbocycles. The lowest BCUT2D eigenvalue weighted by Gasteiger charge is -2.23. The Labute approximate surface area is 95.5 Å². The molecule has 4 nitrogen and oxygen atoms in total. The van der Waals surface area contributed by atoms with Crippen LogP contribution in [0.5, 0.6) is 0 Å². The summed E-state index contributed by atoms with van der Waals surface area (Å²) in [5, 5.41) is 3.84. The van der Waals surface area contributed by atoms with Gasteiger partial charge >= 0.3 is 6.03 Å². The molecule has 3 N–H and O–H groups in total. The molecule has 0 aliphatic heterocycles. The molecule has 2 amide bonds. The summed E-state index contributed by atoms with van der Waals surface area (Å²) < 4.78 is 0. The van der Waals surface area contributed by atoms with E-state index in [9.17, 15) is 4.79 Å². The van der Waals surface area contributed by atoms with E-state index in [-0.39, 0.29) is 5.41 Å². The molecule has 0 heterocycles. The number of hydrogen-bond acceptors (Lipinski definition) is 2. The van der Waals surface area contributed by atoms with E-state index in [4.69, 9.17) is 5.73 Å². The van der Waals surface area contributed by atoms with Crippen molar-refractivity contribution in [2.45, 2.75) is 25.7 Å². The van der Waals surface area contributed by atoms with Crippen molar-refractivity contribution in [3.63, 3.8) is 0 Å². The van der Waals surface area contributed by atoms with Gasteiger partial charge in [0.05, 0.1) is 0 Å². The second-order valence-electron chi connectivity index (χ2n) is 3.87. The maximum Gasteiger partial charge on any atom is 0.332 e. The van der Waals surface area contributed by atoms with Crippen LogP contribution in [0.4, 0.5) is 4.79 Å². The van der Waals surface area contributed by atoms with Crippen molar-refractivity contribution < 1.29 is 4.79 Å². The molecular formula is C12H17N3O. The van der Waals surface area contributed by atoms with Gasteiger partial charge in [0.15, 0.2) is 0 Å². The summed E-state index contributed by atoms with van der Waals surface area (Å²) in [6, 6.07) is 9.37. The van der Waals surface area contributed by atoms with E-state index in [1.807, 2.05) is 30.3 Å². The third-order valence-electron chi connectivity index (χ3n) is 2.69. The first-order valence-electron chi connectivity index (χ1n) is 5.23. The van der Waals surface area contributed by atoms with Crippen LogP contribution in [0.2, 0.25) is 0 Å². The van der Waals surface area contributed by atoms with Crippen molar-refractivity contribution in [3.8, 4) is 0 Å². The lowest BCUT2D eigenvalue weighted by Crippen LogP contribution is -2.28. The fourth-order valence-electron chi connectivity index (χ4n) is 1.43. The molecule has 4 heteroatoms. The van der Waals surface area contributed by atoms with E-state index in [0.29, 0.717) is 0 Å². The average molecular weight is 219 g/mol. The molecule has 0 saturated carbocycles. The molecule has 0 aromatic heterocycles. The third kappa shape index (κ3) is 3.08. The third-order valence-corrected chi connectivity index (χ3v) is 2.69. The molecule has 0 radical (unpaired) electrons. The van der Waals surface area contributed by atoms with Crippen molar-refractivity contribution in [2.24, 2.45) is 10.8 Å². The second-order valence-corrected chi connectivity index (χ2v) is 3.87. The van der Waals surface area contributed by atoms with Crippen LogP contribution in [-0.2, 0) is 5.41 Å². The SMILES string of the molecule is CC[C@@](C)(/C=N\NC(N)=O)c1ccccc1. The van der Waals surface area contributed by atoms with Gasteiger partial charge in [-0.15, -0.1) is 0 Å². The summed E-state index contributed by atoms with van der Waals surface area (Å²) >= 11 is 0. The molecule has 0 aliphatic rings. The standard InChI is InChI=1S/C12H17N3O/c1-3-12(2,9-14-15-11(13)16)10-7-5-4-6-8-10/h4-9H,3H2,1-2H3,(H3,13,15,16)/b14-9-/t12-/m0/s1. The van der Waals surface area contributed by atoms with Gasteiger partial charge in [-0.2, -0.15) is 5.10 Å². The van der Waals surface area contributed by atoms with E-state index in [2.05, 4.69) is 24.4 Å². The van der Waals surface area contributed by atoms with Gasteiger partial charge in [0.25, 0.3) is 0 Å². The topological polar surface area (TPSA) is 67.5 Å². The molecule has 0 unspecified atom stereocenters. The number of amides is 2. The van der Waals surface area contributed by atoms with E-state index in [1.54, 1.807) is 6.21 Å². The molecule has 16 heavy (non-hydrogen) atoms. The maximum atomic E-state index is 10.5. The molecule has 0 spiro atoms. The van der Waals surface area contributed by atoms with Crippen molar-refractivity contribution in [3.05, 3.63) is 35.9 Å². The Morgan fingerprint density at radius 1 is 1.50 bits per heavy atom. The van der Waals surface area contributed by atoms with E-state index >= 15 is 0 Å². The highest BCUT2D eigenvalue weighted by Crippen LogP contribution is 2.24. The van der Waals surface area contributed by atoms with Crippen molar-refractivity contribution in [2.75, 3.05) is 0 Å². The lowest BCUT2D eigenvalue weighted by molar-refractivity contribution is 0.249. The first kappa shape index (κ1) is 12.2. The lowest BCUT2D eigenvalue weighted by atomic mass is 9.81. The van der Waals surface area contributed by atoms with Crippen LogP contribution in [0.15, 0.2) is 35.4 Å². The number of carbonyl (C=O) groups excluding carboxylic acids is 1. The van der Waals surface area contributed by atoms with Gasteiger partial charge in [0, 0.05) is 11.6 Å². The Morgan fingerprint density at radius 2 is 2.12 bits per heavy atom. The van der Waals surface area contributed by atoms with Crippen LogP contribution in [0.3, 0.4) is 0 Å². The maximum absolute atomic E-state index is 10.5. The van der Waals surface area contributed by atoms with Gasteiger partial charge in [0.1, 0.15) is 0 Å². The van der Waals surface area contributed by atoms with Crippen molar-refractivity contribution in [1.29, 1.82) is 0 Å². The van der Waals surface area contributed by atoms with E-state index in [1.165, 1.54) is 0 Å². The number of carbonyl (C=O) groups is 1. The Hall–Kier alpha value is -1.84.